The molecular weight excluding hydrogens is 174 g/mol. The van der Waals surface area contributed by atoms with E-state index in [-0.39, 0.29) is 0 Å². The van der Waals surface area contributed by atoms with Crippen LogP contribution in [0.3, 0.4) is 0 Å². The van der Waals surface area contributed by atoms with E-state index < -0.39 is 0 Å². The molecule has 0 saturated heterocycles. The summed E-state index contributed by atoms with van der Waals surface area (Å²) in [5.74, 6) is 0. The Morgan fingerprint density at radius 3 is 2.93 bits per heavy atom. The van der Waals surface area contributed by atoms with Crippen LogP contribution in [0.2, 0.25) is 0 Å². The molecule has 3 heteroatoms. The zero-order valence-corrected chi connectivity index (χ0v) is 8.83. The van der Waals surface area contributed by atoms with Crippen molar-refractivity contribution < 1.29 is 0 Å². The molecule has 2 heterocycles. The van der Waals surface area contributed by atoms with E-state index in [4.69, 9.17) is 0 Å². The molecule has 2 aromatic heterocycles. The summed E-state index contributed by atoms with van der Waals surface area (Å²) < 4.78 is 2.13. The normalized spacial score (nSPS) is 11.1. The van der Waals surface area contributed by atoms with E-state index in [0.29, 0.717) is 0 Å². The molecule has 0 fully saturated rings. The maximum atomic E-state index is 4.42. The molecule has 0 unspecified atom stereocenters. The number of pyridine rings is 1. The highest BCUT2D eigenvalue weighted by atomic mass is 15.0. The van der Waals surface area contributed by atoms with Gasteiger partial charge in [0.2, 0.25) is 0 Å². The van der Waals surface area contributed by atoms with Crippen molar-refractivity contribution in [3.63, 3.8) is 0 Å². The lowest BCUT2D eigenvalue weighted by molar-refractivity contribution is 0.742. The fourth-order valence-corrected chi connectivity index (χ4v) is 1.73. The average Bonchev–Trinajstić information content (AvgIpc) is 2.44. The van der Waals surface area contributed by atoms with Gasteiger partial charge >= 0.3 is 0 Å². The fraction of sp³-hybridized carbons (Fsp3) is 0.364. The molecule has 2 rings (SSSR count). The molecule has 0 amide bonds. The lowest BCUT2D eigenvalue weighted by Gasteiger charge is -2.01. The Morgan fingerprint density at radius 1 is 1.43 bits per heavy atom. The molecule has 74 valence electrons. The van der Waals surface area contributed by atoms with Crippen molar-refractivity contribution in [2.75, 3.05) is 7.05 Å². The van der Waals surface area contributed by atoms with E-state index in [2.05, 4.69) is 41.0 Å². The molecule has 1 N–H and O–H groups in total. The summed E-state index contributed by atoms with van der Waals surface area (Å²) in [5.41, 5.74) is 3.53. The first-order valence-corrected chi connectivity index (χ1v) is 4.78. The van der Waals surface area contributed by atoms with Crippen LogP contribution < -0.4 is 5.32 Å². The minimum absolute atomic E-state index is 0.881. The van der Waals surface area contributed by atoms with Crippen LogP contribution in [0, 0.1) is 6.92 Å². The van der Waals surface area contributed by atoms with Crippen molar-refractivity contribution in [1.29, 1.82) is 0 Å². The van der Waals surface area contributed by atoms with Gasteiger partial charge in [0.25, 0.3) is 0 Å². The van der Waals surface area contributed by atoms with Crippen LogP contribution >= 0.6 is 0 Å². The molecule has 0 aromatic carbocycles. The minimum Gasteiger partial charge on any atom is -0.331 e. The Kier molecular flexibility index (Phi) is 2.25. The Morgan fingerprint density at radius 2 is 2.21 bits per heavy atom. The summed E-state index contributed by atoms with van der Waals surface area (Å²) in [5, 5.41) is 4.37. The summed E-state index contributed by atoms with van der Waals surface area (Å²) in [4.78, 5) is 4.42. The van der Waals surface area contributed by atoms with Gasteiger partial charge in [-0.05, 0) is 31.7 Å². The Balaban J connectivity index is 2.61. The van der Waals surface area contributed by atoms with Crippen molar-refractivity contribution in [2.24, 2.45) is 7.05 Å². The van der Waals surface area contributed by atoms with E-state index in [9.17, 15) is 0 Å². The second-order valence-corrected chi connectivity index (χ2v) is 3.65. The molecule has 0 bridgehead atoms. The van der Waals surface area contributed by atoms with Gasteiger partial charge in [-0.3, -0.25) is 0 Å². The van der Waals surface area contributed by atoms with Gasteiger partial charge in [-0.2, -0.15) is 0 Å². The molecule has 14 heavy (non-hydrogen) atoms. The number of fused-ring (bicyclic) bond motifs is 1. The average molecular weight is 189 g/mol. The van der Waals surface area contributed by atoms with Gasteiger partial charge in [-0.15, -0.1) is 0 Å². The van der Waals surface area contributed by atoms with Gasteiger partial charge in [0, 0.05) is 30.9 Å². The summed E-state index contributed by atoms with van der Waals surface area (Å²) >= 11 is 0. The number of nitrogens with one attached hydrogen (secondary N) is 1. The smallest absolute Gasteiger partial charge is 0.139 e. The second kappa shape index (κ2) is 3.42. The lowest BCUT2D eigenvalue weighted by Crippen LogP contribution is -2.08. The van der Waals surface area contributed by atoms with Gasteiger partial charge in [-0.1, -0.05) is 0 Å². The first kappa shape index (κ1) is 9.21. The van der Waals surface area contributed by atoms with Crippen LogP contribution in [0.5, 0.6) is 0 Å². The third kappa shape index (κ3) is 1.40. The number of hydrogen-bond acceptors (Lipinski definition) is 2. The van der Waals surface area contributed by atoms with E-state index in [1.165, 1.54) is 16.6 Å². The molecule has 0 aliphatic rings. The summed E-state index contributed by atoms with van der Waals surface area (Å²) in [6.45, 7) is 2.95. The molecule has 0 radical (unpaired) electrons. The Hall–Kier alpha value is -1.35. The monoisotopic (exact) mass is 189 g/mol. The highest BCUT2D eigenvalue weighted by Gasteiger charge is 2.05. The summed E-state index contributed by atoms with van der Waals surface area (Å²) in [7, 11) is 4.01. The highest BCUT2D eigenvalue weighted by Crippen LogP contribution is 2.17. The number of nitrogens with zero attached hydrogens (tertiary/aromatic N) is 2. The fourth-order valence-electron chi connectivity index (χ4n) is 1.73. The number of aromatic nitrogens is 2. The minimum atomic E-state index is 0.881. The largest absolute Gasteiger partial charge is 0.331 e. The first-order valence-electron chi connectivity index (χ1n) is 4.78. The van der Waals surface area contributed by atoms with Crippen LogP contribution in [-0.2, 0) is 13.6 Å². The molecule has 0 spiro atoms. The van der Waals surface area contributed by atoms with Gasteiger partial charge < -0.3 is 9.88 Å². The summed E-state index contributed by atoms with van der Waals surface area (Å²) in [6.07, 6.45) is 1.91. The molecule has 0 aliphatic heterocycles. The quantitative estimate of drug-likeness (QED) is 0.777. The topological polar surface area (TPSA) is 29.9 Å². The van der Waals surface area contributed by atoms with Crippen LogP contribution in [0.4, 0.5) is 0 Å². The number of rotatable bonds is 2. The molecule has 3 nitrogen and oxygen atoms in total. The molecule has 0 saturated carbocycles. The van der Waals surface area contributed by atoms with Crippen LogP contribution in [0.25, 0.3) is 11.0 Å². The standard InChI is InChI=1S/C11H15N3/c1-8-4-9-5-10(7-12-2)14(3)11(9)13-6-8/h4-6,12H,7H2,1-3H3. The van der Waals surface area contributed by atoms with Gasteiger partial charge in [0.15, 0.2) is 0 Å². The number of hydrogen-bond donors (Lipinski definition) is 1. The predicted octanol–water partition coefficient (Wildman–Crippen LogP) is 1.60. The maximum Gasteiger partial charge on any atom is 0.139 e. The predicted molar refractivity (Wildman–Crippen MR) is 58.2 cm³/mol. The zero-order valence-electron chi connectivity index (χ0n) is 8.83. The maximum absolute atomic E-state index is 4.42. The van der Waals surface area contributed by atoms with Crippen LogP contribution in [-0.4, -0.2) is 16.6 Å². The molecule has 0 aliphatic carbocycles. The molecular formula is C11H15N3. The van der Waals surface area contributed by atoms with Crippen molar-refractivity contribution in [1.82, 2.24) is 14.9 Å². The van der Waals surface area contributed by atoms with Gasteiger partial charge in [0.05, 0.1) is 0 Å². The summed E-state index contributed by atoms with van der Waals surface area (Å²) in [6, 6.07) is 4.35. The van der Waals surface area contributed by atoms with E-state index in [0.717, 1.165) is 12.2 Å². The van der Waals surface area contributed by atoms with Crippen molar-refractivity contribution >= 4 is 11.0 Å². The number of aryl methyl sites for hydroxylation is 2. The van der Waals surface area contributed by atoms with Gasteiger partial charge in [0.1, 0.15) is 5.65 Å². The Labute approximate surface area is 83.8 Å². The van der Waals surface area contributed by atoms with Crippen molar-refractivity contribution in [2.45, 2.75) is 13.5 Å². The zero-order chi connectivity index (χ0) is 10.1. The highest BCUT2D eigenvalue weighted by molar-refractivity contribution is 5.77. The van der Waals surface area contributed by atoms with Crippen molar-refractivity contribution in [3.05, 3.63) is 29.6 Å². The SMILES string of the molecule is CNCc1cc2cc(C)cnc2n1C. The van der Waals surface area contributed by atoms with E-state index >= 15 is 0 Å². The van der Waals surface area contributed by atoms with Crippen LogP contribution in [0.15, 0.2) is 18.3 Å². The first-order chi connectivity index (χ1) is 6.72. The van der Waals surface area contributed by atoms with E-state index in [1.54, 1.807) is 0 Å². The van der Waals surface area contributed by atoms with Crippen molar-refractivity contribution in [3.8, 4) is 0 Å². The van der Waals surface area contributed by atoms with Crippen LogP contribution in [0.1, 0.15) is 11.3 Å². The third-order valence-electron chi connectivity index (χ3n) is 2.46. The molecule has 0 atom stereocenters. The third-order valence-corrected chi connectivity index (χ3v) is 2.46. The van der Waals surface area contributed by atoms with Gasteiger partial charge in [-0.25, -0.2) is 4.98 Å². The second-order valence-electron chi connectivity index (χ2n) is 3.65. The molecule has 2 aromatic rings. The lowest BCUT2D eigenvalue weighted by atomic mass is 10.2. The Bertz CT molecular complexity index is 457. The van der Waals surface area contributed by atoms with E-state index in [1.807, 2.05) is 13.2 Å².